The van der Waals surface area contributed by atoms with Gasteiger partial charge in [0.2, 0.25) is 5.91 Å². The first kappa shape index (κ1) is 19.1. The number of amides is 2. The molecule has 1 aliphatic heterocycles. The summed E-state index contributed by atoms with van der Waals surface area (Å²) in [6.07, 6.45) is 3.44. The van der Waals surface area contributed by atoms with Crippen molar-refractivity contribution in [1.29, 1.82) is 0 Å². The van der Waals surface area contributed by atoms with E-state index in [-0.39, 0.29) is 11.8 Å². The van der Waals surface area contributed by atoms with E-state index >= 15 is 0 Å². The molecule has 1 fully saturated rings. The van der Waals surface area contributed by atoms with Gasteiger partial charge in [-0.25, -0.2) is 4.98 Å². The van der Waals surface area contributed by atoms with Crippen LogP contribution in [-0.2, 0) is 11.3 Å². The number of aromatic nitrogens is 2. The number of likely N-dealkylation sites (tertiary alicyclic amines) is 1. The summed E-state index contributed by atoms with van der Waals surface area (Å²) in [5, 5.41) is 3.04. The first-order valence-electron chi connectivity index (χ1n) is 10.4. The molecule has 1 saturated heterocycles. The highest BCUT2D eigenvalue weighted by Gasteiger charge is 2.20. The van der Waals surface area contributed by atoms with Gasteiger partial charge in [0, 0.05) is 36.8 Å². The maximum absolute atomic E-state index is 13.0. The smallest absolute Gasteiger partial charge is 0.256 e. The topological polar surface area (TPSA) is 66.7 Å². The van der Waals surface area contributed by atoms with Crippen LogP contribution in [-0.4, -0.2) is 32.6 Å². The fourth-order valence-electron chi connectivity index (χ4n) is 3.95. The Hall–Kier alpha value is -3.93. The number of pyridine rings is 1. The fraction of sp³-hybridized carbons (Fsp3) is 0.160. The second-order valence-corrected chi connectivity index (χ2v) is 7.67. The molecule has 2 aromatic carbocycles. The predicted octanol–water partition coefficient (Wildman–Crippen LogP) is 4.38. The minimum atomic E-state index is -0.202. The van der Waals surface area contributed by atoms with Crippen LogP contribution >= 0.6 is 0 Å². The zero-order valence-electron chi connectivity index (χ0n) is 17.0. The number of fused-ring (bicyclic) bond motifs is 1. The molecule has 0 radical (unpaired) electrons. The fourth-order valence-corrected chi connectivity index (χ4v) is 3.95. The molecule has 4 aromatic rings. The van der Waals surface area contributed by atoms with Gasteiger partial charge in [-0.2, -0.15) is 0 Å². The Bertz CT molecular complexity index is 1250. The molecular weight excluding hydrogens is 388 g/mol. The number of imidazole rings is 1. The van der Waals surface area contributed by atoms with Crippen LogP contribution in [0.15, 0.2) is 79.0 Å². The summed E-state index contributed by atoms with van der Waals surface area (Å²) < 4.78 is 1.88. The van der Waals surface area contributed by atoms with Crippen molar-refractivity contribution in [3.05, 3.63) is 90.1 Å². The molecule has 6 heteroatoms. The lowest BCUT2D eigenvalue weighted by Crippen LogP contribution is -2.23. The third-order valence-corrected chi connectivity index (χ3v) is 5.57. The molecule has 1 N–H and O–H groups in total. The molecule has 2 aromatic heterocycles. The summed E-state index contributed by atoms with van der Waals surface area (Å²) in [7, 11) is 0. The number of carbonyl (C=O) groups is 2. The second kappa shape index (κ2) is 8.07. The van der Waals surface area contributed by atoms with E-state index in [1.807, 2.05) is 76.2 Å². The summed E-state index contributed by atoms with van der Waals surface area (Å²) >= 11 is 0. The normalized spacial score (nSPS) is 13.7. The van der Waals surface area contributed by atoms with Crippen LogP contribution in [0.4, 0.5) is 5.82 Å². The predicted molar refractivity (Wildman–Crippen MR) is 120 cm³/mol. The third kappa shape index (κ3) is 3.80. The first-order valence-corrected chi connectivity index (χ1v) is 10.4. The molecule has 1 aliphatic rings. The molecule has 0 unspecified atom stereocenters. The van der Waals surface area contributed by atoms with Gasteiger partial charge in [-0.15, -0.1) is 0 Å². The molecular formula is C25H22N4O2. The van der Waals surface area contributed by atoms with Crippen molar-refractivity contribution in [2.45, 2.75) is 19.4 Å². The molecule has 0 saturated carbocycles. The Morgan fingerprint density at radius 2 is 1.74 bits per heavy atom. The lowest BCUT2D eigenvalue weighted by molar-refractivity contribution is -0.128. The highest BCUT2D eigenvalue weighted by molar-refractivity contribution is 6.05. The Morgan fingerprint density at radius 1 is 0.968 bits per heavy atom. The maximum atomic E-state index is 13.0. The van der Waals surface area contributed by atoms with E-state index in [2.05, 4.69) is 5.32 Å². The molecule has 31 heavy (non-hydrogen) atoms. The Morgan fingerprint density at radius 3 is 2.48 bits per heavy atom. The highest BCUT2D eigenvalue weighted by Crippen LogP contribution is 2.29. The monoisotopic (exact) mass is 410 g/mol. The van der Waals surface area contributed by atoms with Crippen molar-refractivity contribution in [3.8, 4) is 11.3 Å². The number of carbonyl (C=O) groups excluding carboxylic acids is 2. The Balaban J connectivity index is 1.41. The standard InChI is InChI=1S/C25H22N4O2/c30-22-10-6-15-28(22)17-18-11-13-20(14-12-18)25(31)27-24-23(19-7-2-1-3-8-19)26-21-9-4-5-16-29(21)24/h1-5,7-9,11-14,16H,6,10,15,17H2,(H,27,31). The van der Waals surface area contributed by atoms with Crippen molar-refractivity contribution < 1.29 is 9.59 Å². The van der Waals surface area contributed by atoms with Gasteiger partial charge >= 0.3 is 0 Å². The van der Waals surface area contributed by atoms with Gasteiger partial charge in [0.25, 0.3) is 5.91 Å². The van der Waals surface area contributed by atoms with Crippen LogP contribution in [0.5, 0.6) is 0 Å². The van der Waals surface area contributed by atoms with Gasteiger partial charge in [0.1, 0.15) is 17.2 Å². The van der Waals surface area contributed by atoms with E-state index in [1.54, 1.807) is 12.1 Å². The van der Waals surface area contributed by atoms with Crippen LogP contribution < -0.4 is 5.32 Å². The summed E-state index contributed by atoms with van der Waals surface area (Å²) in [5.41, 5.74) is 4.01. The van der Waals surface area contributed by atoms with Gasteiger partial charge < -0.3 is 10.2 Å². The molecule has 0 spiro atoms. The summed E-state index contributed by atoms with van der Waals surface area (Å²) in [5.74, 6) is 0.632. The van der Waals surface area contributed by atoms with E-state index in [4.69, 9.17) is 4.98 Å². The average molecular weight is 410 g/mol. The molecule has 0 bridgehead atoms. The summed E-state index contributed by atoms with van der Waals surface area (Å²) in [4.78, 5) is 31.5. The van der Waals surface area contributed by atoms with Gasteiger partial charge in [-0.05, 0) is 36.2 Å². The van der Waals surface area contributed by atoms with E-state index in [0.29, 0.717) is 24.3 Å². The summed E-state index contributed by atoms with van der Waals surface area (Å²) in [6, 6.07) is 23.0. The first-order chi connectivity index (χ1) is 15.2. The maximum Gasteiger partial charge on any atom is 0.256 e. The van der Waals surface area contributed by atoms with Crippen molar-refractivity contribution in [3.63, 3.8) is 0 Å². The number of hydrogen-bond donors (Lipinski definition) is 1. The quantitative estimate of drug-likeness (QED) is 0.531. The molecule has 154 valence electrons. The van der Waals surface area contributed by atoms with Crippen LogP contribution in [0, 0.1) is 0 Å². The minimum absolute atomic E-state index is 0.197. The molecule has 0 aliphatic carbocycles. The van der Waals surface area contributed by atoms with Crippen molar-refractivity contribution >= 4 is 23.3 Å². The van der Waals surface area contributed by atoms with Gasteiger partial charge in [0.05, 0.1) is 0 Å². The zero-order chi connectivity index (χ0) is 21.2. The van der Waals surface area contributed by atoms with Crippen molar-refractivity contribution in [2.75, 3.05) is 11.9 Å². The average Bonchev–Trinajstić information content (AvgIpc) is 3.38. The van der Waals surface area contributed by atoms with Gasteiger partial charge in [0.15, 0.2) is 0 Å². The van der Waals surface area contributed by atoms with Gasteiger partial charge in [-0.1, -0.05) is 48.5 Å². The van der Waals surface area contributed by atoms with E-state index in [9.17, 15) is 9.59 Å². The second-order valence-electron chi connectivity index (χ2n) is 7.67. The SMILES string of the molecule is O=C(Nc1c(-c2ccccc2)nc2ccccn12)c1ccc(CN2CCCC2=O)cc1. The van der Waals surface area contributed by atoms with E-state index < -0.39 is 0 Å². The summed E-state index contributed by atoms with van der Waals surface area (Å²) in [6.45, 7) is 1.39. The van der Waals surface area contributed by atoms with Crippen LogP contribution in [0.2, 0.25) is 0 Å². The largest absolute Gasteiger partial charge is 0.338 e. The van der Waals surface area contributed by atoms with Gasteiger partial charge in [-0.3, -0.25) is 14.0 Å². The lowest BCUT2D eigenvalue weighted by Gasteiger charge is -2.15. The van der Waals surface area contributed by atoms with E-state index in [0.717, 1.165) is 35.4 Å². The molecule has 6 nitrogen and oxygen atoms in total. The van der Waals surface area contributed by atoms with Crippen LogP contribution in [0.25, 0.3) is 16.9 Å². The zero-order valence-corrected chi connectivity index (χ0v) is 17.0. The molecule has 2 amide bonds. The Labute approximate surface area is 180 Å². The van der Waals surface area contributed by atoms with Crippen molar-refractivity contribution in [2.24, 2.45) is 0 Å². The minimum Gasteiger partial charge on any atom is -0.338 e. The lowest BCUT2D eigenvalue weighted by atomic mass is 10.1. The van der Waals surface area contributed by atoms with Crippen LogP contribution in [0.3, 0.4) is 0 Å². The number of rotatable bonds is 5. The van der Waals surface area contributed by atoms with E-state index in [1.165, 1.54) is 0 Å². The highest BCUT2D eigenvalue weighted by atomic mass is 16.2. The number of nitrogens with zero attached hydrogens (tertiary/aromatic N) is 3. The molecule has 5 rings (SSSR count). The van der Waals surface area contributed by atoms with Crippen LogP contribution in [0.1, 0.15) is 28.8 Å². The number of hydrogen-bond acceptors (Lipinski definition) is 3. The number of anilines is 1. The molecule has 0 atom stereocenters. The number of benzene rings is 2. The Kier molecular flexibility index (Phi) is 4.96. The third-order valence-electron chi connectivity index (χ3n) is 5.57. The number of nitrogens with one attached hydrogen (secondary N) is 1. The van der Waals surface area contributed by atoms with Crippen molar-refractivity contribution in [1.82, 2.24) is 14.3 Å². The molecule has 3 heterocycles.